The Morgan fingerprint density at radius 2 is 2.25 bits per heavy atom. The summed E-state index contributed by atoms with van der Waals surface area (Å²) in [5.41, 5.74) is 0. The van der Waals surface area contributed by atoms with Crippen molar-refractivity contribution < 1.29 is 14.3 Å². The molecule has 0 aliphatic carbocycles. The van der Waals surface area contributed by atoms with Crippen LogP contribution in [-0.4, -0.2) is 27.1 Å². The molecule has 0 aromatic carbocycles. The van der Waals surface area contributed by atoms with Crippen molar-refractivity contribution in [1.29, 1.82) is 0 Å². The summed E-state index contributed by atoms with van der Waals surface area (Å²) in [5, 5.41) is 11.2. The highest BCUT2D eigenvalue weighted by atomic mass is 35.5. The van der Waals surface area contributed by atoms with Crippen LogP contribution in [0.2, 0.25) is 5.28 Å². The maximum Gasteiger partial charge on any atom is 0.326 e. The number of carboxylic acid groups (broad SMARTS) is 1. The molecule has 88 valence electrons. The average Bonchev–Trinajstić information content (AvgIpc) is 2.18. The second-order valence-electron chi connectivity index (χ2n) is 3.54. The van der Waals surface area contributed by atoms with Gasteiger partial charge in [0.1, 0.15) is 6.04 Å². The quantitative estimate of drug-likeness (QED) is 0.794. The summed E-state index contributed by atoms with van der Waals surface area (Å²) in [4.78, 5) is 17.9. The molecule has 0 fully saturated rings. The first-order valence-corrected chi connectivity index (χ1v) is 4.97. The van der Waals surface area contributed by atoms with E-state index in [0.29, 0.717) is 0 Å². The van der Waals surface area contributed by atoms with E-state index in [0.717, 1.165) is 6.20 Å². The zero-order valence-corrected chi connectivity index (χ0v) is 9.49. The van der Waals surface area contributed by atoms with Crippen LogP contribution >= 0.6 is 11.6 Å². The number of hydrogen-bond donors (Lipinski definition) is 2. The Kier molecular flexibility index (Phi) is 4.00. The van der Waals surface area contributed by atoms with Crippen LogP contribution in [0.25, 0.3) is 0 Å². The van der Waals surface area contributed by atoms with Crippen LogP contribution in [0.15, 0.2) is 6.20 Å². The third-order valence-corrected chi connectivity index (χ3v) is 2.12. The topological polar surface area (TPSA) is 75.1 Å². The van der Waals surface area contributed by atoms with Crippen LogP contribution < -0.4 is 5.32 Å². The number of carbonyl (C=O) groups is 1. The van der Waals surface area contributed by atoms with Gasteiger partial charge in [0.25, 0.3) is 0 Å². The van der Waals surface area contributed by atoms with Gasteiger partial charge >= 0.3 is 5.97 Å². The Labute approximate surface area is 96.7 Å². The molecule has 2 N–H and O–H groups in total. The Balaban J connectivity index is 2.93. The molecular weight excluding hydrogens is 237 g/mol. The second-order valence-corrected chi connectivity index (χ2v) is 3.88. The van der Waals surface area contributed by atoms with Gasteiger partial charge in [-0.2, -0.15) is 4.98 Å². The summed E-state index contributed by atoms with van der Waals surface area (Å²) in [7, 11) is 0. The van der Waals surface area contributed by atoms with E-state index in [1.54, 1.807) is 13.8 Å². The van der Waals surface area contributed by atoms with Crippen molar-refractivity contribution in [3.63, 3.8) is 0 Å². The zero-order valence-electron chi connectivity index (χ0n) is 8.74. The van der Waals surface area contributed by atoms with Crippen LogP contribution in [0.5, 0.6) is 0 Å². The van der Waals surface area contributed by atoms with Crippen molar-refractivity contribution >= 4 is 23.4 Å². The largest absolute Gasteiger partial charge is 0.480 e. The summed E-state index contributed by atoms with van der Waals surface area (Å²) in [6.07, 6.45) is 0.886. The molecule has 1 rings (SSSR count). The van der Waals surface area contributed by atoms with Gasteiger partial charge in [-0.25, -0.2) is 14.2 Å². The van der Waals surface area contributed by atoms with Crippen molar-refractivity contribution in [2.75, 3.05) is 5.32 Å². The number of nitrogens with one attached hydrogen (secondary N) is 1. The number of hydrogen-bond acceptors (Lipinski definition) is 4. The molecule has 1 heterocycles. The van der Waals surface area contributed by atoms with E-state index in [9.17, 15) is 9.18 Å². The van der Waals surface area contributed by atoms with E-state index in [2.05, 4.69) is 15.3 Å². The molecule has 0 spiro atoms. The third-order valence-electron chi connectivity index (χ3n) is 1.94. The molecule has 1 atom stereocenters. The van der Waals surface area contributed by atoms with Crippen LogP contribution in [0.3, 0.4) is 0 Å². The normalized spacial score (nSPS) is 12.6. The number of rotatable bonds is 4. The van der Waals surface area contributed by atoms with Crippen LogP contribution in [0.1, 0.15) is 13.8 Å². The van der Waals surface area contributed by atoms with Gasteiger partial charge in [-0.1, -0.05) is 13.8 Å². The summed E-state index contributed by atoms with van der Waals surface area (Å²) in [5.74, 6) is -2.24. The van der Waals surface area contributed by atoms with E-state index in [1.807, 2.05) is 0 Å². The first-order valence-electron chi connectivity index (χ1n) is 4.59. The molecule has 0 saturated carbocycles. The maximum absolute atomic E-state index is 13.2. The first-order chi connectivity index (χ1) is 7.41. The van der Waals surface area contributed by atoms with Gasteiger partial charge in [0, 0.05) is 0 Å². The highest BCUT2D eigenvalue weighted by molar-refractivity contribution is 6.28. The molecular formula is C9H11ClFN3O2. The minimum atomic E-state index is -1.08. The Bertz CT molecular complexity index is 400. The van der Waals surface area contributed by atoms with Gasteiger partial charge in [0.15, 0.2) is 11.6 Å². The number of nitrogens with zero attached hydrogens (tertiary/aromatic N) is 2. The van der Waals surface area contributed by atoms with Gasteiger partial charge < -0.3 is 10.4 Å². The molecule has 16 heavy (non-hydrogen) atoms. The van der Waals surface area contributed by atoms with Crippen LogP contribution in [0.4, 0.5) is 10.2 Å². The van der Waals surface area contributed by atoms with Crippen molar-refractivity contribution in [3.05, 3.63) is 17.3 Å². The minimum absolute atomic E-state index is 0.142. The summed E-state index contributed by atoms with van der Waals surface area (Å²) < 4.78 is 13.2. The van der Waals surface area contributed by atoms with Gasteiger partial charge in [-0.3, -0.25) is 0 Å². The highest BCUT2D eigenvalue weighted by Gasteiger charge is 2.23. The van der Waals surface area contributed by atoms with Crippen molar-refractivity contribution in [2.24, 2.45) is 5.92 Å². The molecule has 0 unspecified atom stereocenters. The standard InChI is InChI=1S/C9H11ClFN3O2/c1-4(2)6(8(15)16)13-7-5(11)3-12-9(10)14-7/h3-4,6H,1-2H3,(H,15,16)(H,12,13,14)/t6-/m0/s1. The SMILES string of the molecule is CC(C)[C@H](Nc1nc(Cl)ncc1F)C(=O)O. The van der Waals surface area contributed by atoms with Gasteiger partial charge in [-0.15, -0.1) is 0 Å². The Morgan fingerprint density at radius 1 is 1.62 bits per heavy atom. The Morgan fingerprint density at radius 3 is 2.75 bits per heavy atom. The lowest BCUT2D eigenvalue weighted by molar-refractivity contribution is -0.138. The van der Waals surface area contributed by atoms with Crippen LogP contribution in [-0.2, 0) is 4.79 Å². The lowest BCUT2D eigenvalue weighted by atomic mass is 10.1. The number of aliphatic carboxylic acids is 1. The molecule has 0 radical (unpaired) electrons. The monoisotopic (exact) mass is 247 g/mol. The molecule has 1 aromatic rings. The van der Waals surface area contributed by atoms with Gasteiger partial charge in [0.05, 0.1) is 6.20 Å². The van der Waals surface area contributed by atoms with E-state index < -0.39 is 17.8 Å². The van der Waals surface area contributed by atoms with Gasteiger partial charge in [0.2, 0.25) is 5.28 Å². The average molecular weight is 248 g/mol. The number of carboxylic acids is 1. The fraction of sp³-hybridized carbons (Fsp3) is 0.444. The molecule has 7 heteroatoms. The molecule has 0 bridgehead atoms. The molecule has 0 saturated heterocycles. The van der Waals surface area contributed by atoms with Crippen LogP contribution in [0, 0.1) is 11.7 Å². The van der Waals surface area contributed by atoms with E-state index >= 15 is 0 Å². The third kappa shape index (κ3) is 3.03. The lowest BCUT2D eigenvalue weighted by Crippen LogP contribution is -2.35. The smallest absolute Gasteiger partial charge is 0.326 e. The van der Waals surface area contributed by atoms with E-state index in [1.165, 1.54) is 0 Å². The first kappa shape index (κ1) is 12.6. The van der Waals surface area contributed by atoms with Crippen molar-refractivity contribution in [1.82, 2.24) is 9.97 Å². The lowest BCUT2D eigenvalue weighted by Gasteiger charge is -2.18. The second kappa shape index (κ2) is 5.07. The summed E-state index contributed by atoms with van der Waals surface area (Å²) in [6.45, 7) is 3.40. The number of aromatic nitrogens is 2. The maximum atomic E-state index is 13.2. The zero-order chi connectivity index (χ0) is 12.3. The fourth-order valence-electron chi connectivity index (χ4n) is 1.11. The predicted octanol–water partition coefficient (Wildman–Crippen LogP) is 1.79. The number of halogens is 2. The molecule has 0 amide bonds. The fourth-order valence-corrected chi connectivity index (χ4v) is 1.24. The van der Waals surface area contributed by atoms with Crippen molar-refractivity contribution in [2.45, 2.75) is 19.9 Å². The molecule has 1 aromatic heterocycles. The van der Waals surface area contributed by atoms with E-state index in [4.69, 9.17) is 16.7 Å². The molecule has 5 nitrogen and oxygen atoms in total. The molecule has 0 aliphatic heterocycles. The predicted molar refractivity (Wildman–Crippen MR) is 56.9 cm³/mol. The summed E-state index contributed by atoms with van der Waals surface area (Å²) in [6, 6.07) is -0.930. The number of anilines is 1. The summed E-state index contributed by atoms with van der Waals surface area (Å²) >= 11 is 5.48. The minimum Gasteiger partial charge on any atom is -0.480 e. The molecule has 0 aliphatic rings. The highest BCUT2D eigenvalue weighted by Crippen LogP contribution is 2.15. The van der Waals surface area contributed by atoms with Crippen molar-refractivity contribution in [3.8, 4) is 0 Å². The Hall–Kier alpha value is -1.43. The van der Waals surface area contributed by atoms with Gasteiger partial charge in [-0.05, 0) is 17.5 Å². The van der Waals surface area contributed by atoms with E-state index in [-0.39, 0.29) is 17.0 Å².